The first-order valence-corrected chi connectivity index (χ1v) is 9.74. The van der Waals surface area contributed by atoms with Gasteiger partial charge < -0.3 is 19.7 Å². The van der Waals surface area contributed by atoms with Crippen LogP contribution in [0.15, 0.2) is 48.5 Å². The third-order valence-corrected chi connectivity index (χ3v) is 5.17. The Morgan fingerprint density at radius 3 is 2.61 bits per heavy atom. The summed E-state index contributed by atoms with van der Waals surface area (Å²) in [5.41, 5.74) is 1.60. The van der Waals surface area contributed by atoms with E-state index < -0.39 is 0 Å². The Morgan fingerprint density at radius 1 is 1.00 bits per heavy atom. The Labute approximate surface area is 164 Å². The molecule has 0 aromatic heterocycles. The van der Waals surface area contributed by atoms with Crippen LogP contribution in [0.25, 0.3) is 0 Å². The van der Waals surface area contributed by atoms with Crippen molar-refractivity contribution in [2.45, 2.75) is 25.3 Å². The second-order valence-corrected chi connectivity index (χ2v) is 7.05. The number of likely N-dealkylation sites (tertiary alicyclic amines) is 1. The molecule has 2 aromatic rings. The van der Waals surface area contributed by atoms with Crippen molar-refractivity contribution < 1.29 is 19.1 Å². The normalized spacial score (nSPS) is 18.4. The molecule has 1 fully saturated rings. The second-order valence-electron chi connectivity index (χ2n) is 7.05. The summed E-state index contributed by atoms with van der Waals surface area (Å²) < 4.78 is 11.5. The monoisotopic (exact) mass is 380 g/mol. The molecule has 6 nitrogen and oxygen atoms in total. The number of nitrogens with one attached hydrogen (secondary N) is 1. The second kappa shape index (κ2) is 8.33. The van der Waals surface area contributed by atoms with E-state index in [1.54, 1.807) is 24.3 Å². The molecule has 1 saturated heterocycles. The minimum Gasteiger partial charge on any atom is -0.490 e. The molecule has 1 N–H and O–H groups in total. The molecule has 0 saturated carbocycles. The Balaban J connectivity index is 1.42. The van der Waals surface area contributed by atoms with Gasteiger partial charge in [-0.2, -0.15) is 0 Å². The molecule has 0 radical (unpaired) electrons. The number of amides is 2. The van der Waals surface area contributed by atoms with Crippen LogP contribution in [-0.2, 0) is 4.79 Å². The molecule has 2 aromatic carbocycles. The van der Waals surface area contributed by atoms with Gasteiger partial charge in [0.1, 0.15) is 0 Å². The summed E-state index contributed by atoms with van der Waals surface area (Å²) in [5.74, 6) is 1.19. The van der Waals surface area contributed by atoms with Gasteiger partial charge in [0, 0.05) is 18.5 Å². The standard InChI is InChI=1S/C22H24N2O4/c25-21(15-23-22(26)16-6-2-1-3-7-16)24-11-4-8-18(24)17-9-10-19-20(14-17)28-13-5-12-27-19/h1-3,6-7,9-10,14,18H,4-5,8,11-13,15H2,(H,23,26)/t18-/m1/s1. The number of rotatable bonds is 4. The van der Waals surface area contributed by atoms with Crippen LogP contribution in [0.1, 0.15) is 41.2 Å². The molecule has 146 valence electrons. The lowest BCUT2D eigenvalue weighted by Crippen LogP contribution is -2.39. The molecule has 4 rings (SSSR count). The molecule has 28 heavy (non-hydrogen) atoms. The van der Waals surface area contributed by atoms with E-state index in [-0.39, 0.29) is 24.4 Å². The molecular weight excluding hydrogens is 356 g/mol. The predicted molar refractivity (Wildman–Crippen MR) is 105 cm³/mol. The van der Waals surface area contributed by atoms with Crippen LogP contribution in [0, 0.1) is 0 Å². The summed E-state index contributed by atoms with van der Waals surface area (Å²) >= 11 is 0. The van der Waals surface area contributed by atoms with Crippen LogP contribution < -0.4 is 14.8 Å². The van der Waals surface area contributed by atoms with Crippen LogP contribution in [0.5, 0.6) is 11.5 Å². The summed E-state index contributed by atoms with van der Waals surface area (Å²) in [6, 6.07) is 14.8. The van der Waals surface area contributed by atoms with Crippen LogP contribution in [0.2, 0.25) is 0 Å². The maximum atomic E-state index is 12.8. The molecule has 1 atom stereocenters. The number of benzene rings is 2. The van der Waals surface area contributed by atoms with E-state index in [1.165, 1.54) is 0 Å². The number of ether oxygens (including phenoxy) is 2. The summed E-state index contributed by atoms with van der Waals surface area (Å²) in [6.45, 7) is 1.98. The molecule has 2 heterocycles. The molecule has 2 aliphatic rings. The van der Waals surface area contributed by atoms with Gasteiger partial charge in [0.2, 0.25) is 5.91 Å². The Bertz CT molecular complexity index is 853. The first-order chi connectivity index (χ1) is 13.7. The lowest BCUT2D eigenvalue weighted by Gasteiger charge is -2.26. The van der Waals surface area contributed by atoms with E-state index in [0.29, 0.717) is 25.3 Å². The fourth-order valence-electron chi connectivity index (χ4n) is 3.75. The third-order valence-electron chi connectivity index (χ3n) is 5.17. The van der Waals surface area contributed by atoms with Gasteiger partial charge in [-0.05, 0) is 42.7 Å². The van der Waals surface area contributed by atoms with E-state index in [2.05, 4.69) is 5.32 Å². The highest BCUT2D eigenvalue weighted by Gasteiger charge is 2.30. The first-order valence-electron chi connectivity index (χ1n) is 9.74. The van der Waals surface area contributed by atoms with E-state index in [0.717, 1.165) is 36.3 Å². The maximum absolute atomic E-state index is 12.8. The van der Waals surface area contributed by atoms with Crippen molar-refractivity contribution in [1.29, 1.82) is 0 Å². The highest BCUT2D eigenvalue weighted by atomic mass is 16.5. The Morgan fingerprint density at radius 2 is 1.79 bits per heavy atom. The number of hydrogen-bond acceptors (Lipinski definition) is 4. The van der Waals surface area contributed by atoms with Crippen LogP contribution in [-0.4, -0.2) is 43.0 Å². The smallest absolute Gasteiger partial charge is 0.251 e. The highest BCUT2D eigenvalue weighted by Crippen LogP contribution is 2.37. The van der Waals surface area contributed by atoms with E-state index >= 15 is 0 Å². The minimum absolute atomic E-state index is 0.00159. The molecule has 2 amide bonds. The van der Waals surface area contributed by atoms with Crippen molar-refractivity contribution in [1.82, 2.24) is 10.2 Å². The minimum atomic E-state index is -0.236. The zero-order valence-corrected chi connectivity index (χ0v) is 15.7. The van der Waals surface area contributed by atoms with Crippen molar-refractivity contribution >= 4 is 11.8 Å². The zero-order valence-electron chi connectivity index (χ0n) is 15.7. The van der Waals surface area contributed by atoms with Gasteiger partial charge >= 0.3 is 0 Å². The van der Waals surface area contributed by atoms with Crippen LogP contribution in [0.4, 0.5) is 0 Å². The average molecular weight is 380 g/mol. The fraction of sp³-hybridized carbons (Fsp3) is 0.364. The van der Waals surface area contributed by atoms with E-state index in [9.17, 15) is 9.59 Å². The number of hydrogen-bond donors (Lipinski definition) is 1. The van der Waals surface area contributed by atoms with Gasteiger partial charge in [0.25, 0.3) is 5.91 Å². The largest absolute Gasteiger partial charge is 0.490 e. The van der Waals surface area contributed by atoms with E-state index in [4.69, 9.17) is 9.47 Å². The molecule has 0 spiro atoms. The van der Waals surface area contributed by atoms with Crippen molar-refractivity contribution in [3.63, 3.8) is 0 Å². The summed E-state index contributed by atoms with van der Waals surface area (Å²) in [5, 5.41) is 2.73. The van der Waals surface area contributed by atoms with Crippen molar-refractivity contribution in [3.05, 3.63) is 59.7 Å². The van der Waals surface area contributed by atoms with Gasteiger partial charge in [-0.15, -0.1) is 0 Å². The average Bonchev–Trinajstić information content (AvgIpc) is 3.11. The Kier molecular flexibility index (Phi) is 5.46. The summed E-state index contributed by atoms with van der Waals surface area (Å²) in [7, 11) is 0. The summed E-state index contributed by atoms with van der Waals surface area (Å²) in [4.78, 5) is 26.8. The van der Waals surface area contributed by atoms with E-state index in [1.807, 2.05) is 29.2 Å². The summed E-state index contributed by atoms with van der Waals surface area (Å²) in [6.07, 6.45) is 2.70. The van der Waals surface area contributed by atoms with Gasteiger partial charge in [-0.3, -0.25) is 9.59 Å². The van der Waals surface area contributed by atoms with Gasteiger partial charge in [0.05, 0.1) is 25.8 Å². The maximum Gasteiger partial charge on any atom is 0.251 e. The number of carbonyl (C=O) groups excluding carboxylic acids is 2. The lowest BCUT2D eigenvalue weighted by molar-refractivity contribution is -0.131. The van der Waals surface area contributed by atoms with Gasteiger partial charge in [-0.25, -0.2) is 0 Å². The third kappa shape index (κ3) is 3.96. The van der Waals surface area contributed by atoms with Crippen molar-refractivity contribution in [2.75, 3.05) is 26.3 Å². The molecule has 6 heteroatoms. The number of nitrogens with zero attached hydrogens (tertiary/aromatic N) is 1. The highest BCUT2D eigenvalue weighted by molar-refractivity contribution is 5.96. The number of fused-ring (bicyclic) bond motifs is 1. The lowest BCUT2D eigenvalue weighted by atomic mass is 10.0. The van der Waals surface area contributed by atoms with Gasteiger partial charge in [0.15, 0.2) is 11.5 Å². The molecular formula is C22H24N2O4. The quantitative estimate of drug-likeness (QED) is 0.886. The predicted octanol–water partition coefficient (Wildman–Crippen LogP) is 2.94. The first kappa shape index (κ1) is 18.3. The molecule has 0 bridgehead atoms. The zero-order chi connectivity index (χ0) is 19.3. The topological polar surface area (TPSA) is 67.9 Å². The SMILES string of the molecule is O=C(NCC(=O)N1CCC[C@@H]1c1ccc2c(c1)OCCCO2)c1ccccc1. The molecule has 0 unspecified atom stereocenters. The van der Waals surface area contributed by atoms with Crippen LogP contribution in [0.3, 0.4) is 0 Å². The Hall–Kier alpha value is -3.02. The van der Waals surface area contributed by atoms with Crippen molar-refractivity contribution in [2.24, 2.45) is 0 Å². The van der Waals surface area contributed by atoms with Crippen molar-refractivity contribution in [3.8, 4) is 11.5 Å². The fourth-order valence-corrected chi connectivity index (χ4v) is 3.75. The van der Waals surface area contributed by atoms with Gasteiger partial charge in [-0.1, -0.05) is 24.3 Å². The van der Waals surface area contributed by atoms with Crippen LogP contribution >= 0.6 is 0 Å². The molecule has 2 aliphatic heterocycles. The molecule has 0 aliphatic carbocycles. The number of carbonyl (C=O) groups is 2.